The summed E-state index contributed by atoms with van der Waals surface area (Å²) in [5.74, 6) is 1.83. The van der Waals surface area contributed by atoms with E-state index in [4.69, 9.17) is 4.74 Å². The molecule has 0 aliphatic carbocycles. The molecule has 2 aromatic carbocycles. The van der Waals surface area contributed by atoms with E-state index in [1.807, 2.05) is 24.3 Å². The standard InChI is InChI=1S/C18H22BrNO/c1-4-16(20-5-2)15-8-6-7-9-18(15)21-17-11-10-14(19)12-13(17)3/h6-12,16,20H,4-5H2,1-3H3. The summed E-state index contributed by atoms with van der Waals surface area (Å²) in [4.78, 5) is 0. The molecule has 0 heterocycles. The highest BCUT2D eigenvalue weighted by atomic mass is 79.9. The average Bonchev–Trinajstić information content (AvgIpc) is 2.48. The molecule has 2 aromatic rings. The summed E-state index contributed by atoms with van der Waals surface area (Å²) in [5.41, 5.74) is 2.33. The SMILES string of the molecule is CCNC(CC)c1ccccc1Oc1ccc(Br)cc1C. The Morgan fingerprint density at radius 2 is 1.86 bits per heavy atom. The predicted molar refractivity (Wildman–Crippen MR) is 92.1 cm³/mol. The van der Waals surface area contributed by atoms with E-state index in [2.05, 4.69) is 60.2 Å². The maximum atomic E-state index is 6.16. The number of hydrogen-bond acceptors (Lipinski definition) is 2. The highest BCUT2D eigenvalue weighted by Crippen LogP contribution is 2.33. The summed E-state index contributed by atoms with van der Waals surface area (Å²) >= 11 is 3.49. The molecule has 0 radical (unpaired) electrons. The van der Waals surface area contributed by atoms with Crippen molar-refractivity contribution < 1.29 is 4.74 Å². The summed E-state index contributed by atoms with van der Waals surface area (Å²) in [6.07, 6.45) is 1.04. The quantitative estimate of drug-likeness (QED) is 0.733. The lowest BCUT2D eigenvalue weighted by molar-refractivity contribution is 0.450. The van der Waals surface area contributed by atoms with Crippen LogP contribution in [-0.2, 0) is 0 Å². The van der Waals surface area contributed by atoms with Crippen molar-refractivity contribution in [3.8, 4) is 11.5 Å². The van der Waals surface area contributed by atoms with Crippen molar-refractivity contribution in [2.75, 3.05) is 6.54 Å². The Morgan fingerprint density at radius 3 is 2.52 bits per heavy atom. The first kappa shape index (κ1) is 16.1. The van der Waals surface area contributed by atoms with E-state index in [0.717, 1.165) is 34.5 Å². The lowest BCUT2D eigenvalue weighted by Gasteiger charge is -2.20. The van der Waals surface area contributed by atoms with Crippen molar-refractivity contribution in [3.63, 3.8) is 0 Å². The Balaban J connectivity index is 2.31. The van der Waals surface area contributed by atoms with Gasteiger partial charge in [-0.05, 0) is 49.7 Å². The van der Waals surface area contributed by atoms with Gasteiger partial charge in [-0.1, -0.05) is 48.0 Å². The van der Waals surface area contributed by atoms with E-state index in [9.17, 15) is 0 Å². The van der Waals surface area contributed by atoms with E-state index in [0.29, 0.717) is 6.04 Å². The van der Waals surface area contributed by atoms with Gasteiger partial charge in [-0.2, -0.15) is 0 Å². The fourth-order valence-corrected chi connectivity index (χ4v) is 2.90. The molecule has 0 fully saturated rings. The van der Waals surface area contributed by atoms with Crippen molar-refractivity contribution in [1.29, 1.82) is 0 Å². The van der Waals surface area contributed by atoms with Gasteiger partial charge in [-0.3, -0.25) is 0 Å². The number of ether oxygens (including phenoxy) is 1. The first-order valence-electron chi connectivity index (χ1n) is 7.42. The second kappa shape index (κ2) is 7.62. The molecule has 0 aromatic heterocycles. The number of para-hydroxylation sites is 1. The second-order valence-corrected chi connectivity index (χ2v) is 5.98. The van der Waals surface area contributed by atoms with Gasteiger partial charge in [-0.15, -0.1) is 0 Å². The molecular formula is C18H22BrNO. The van der Waals surface area contributed by atoms with Crippen LogP contribution in [0.4, 0.5) is 0 Å². The average molecular weight is 348 g/mol. The lowest BCUT2D eigenvalue weighted by atomic mass is 10.0. The molecule has 2 nitrogen and oxygen atoms in total. The van der Waals surface area contributed by atoms with Crippen molar-refractivity contribution in [1.82, 2.24) is 5.32 Å². The van der Waals surface area contributed by atoms with Gasteiger partial charge in [0.2, 0.25) is 0 Å². The molecule has 1 N–H and O–H groups in total. The molecule has 1 atom stereocenters. The molecule has 21 heavy (non-hydrogen) atoms. The summed E-state index contributed by atoms with van der Waals surface area (Å²) in [6.45, 7) is 7.33. The van der Waals surface area contributed by atoms with Crippen LogP contribution in [0.3, 0.4) is 0 Å². The molecule has 0 spiro atoms. The molecule has 0 saturated carbocycles. The molecule has 0 amide bonds. The molecule has 0 aliphatic heterocycles. The minimum Gasteiger partial charge on any atom is -0.457 e. The van der Waals surface area contributed by atoms with Gasteiger partial charge in [0.1, 0.15) is 11.5 Å². The normalized spacial score (nSPS) is 12.2. The van der Waals surface area contributed by atoms with Gasteiger partial charge in [0.25, 0.3) is 0 Å². The smallest absolute Gasteiger partial charge is 0.132 e. The summed E-state index contributed by atoms with van der Waals surface area (Å²) < 4.78 is 7.23. The van der Waals surface area contributed by atoms with Crippen molar-refractivity contribution in [3.05, 3.63) is 58.1 Å². The van der Waals surface area contributed by atoms with Gasteiger partial charge in [0, 0.05) is 16.1 Å². The summed E-state index contributed by atoms with van der Waals surface area (Å²) in [5, 5.41) is 3.51. The Labute approximate surface area is 135 Å². The van der Waals surface area contributed by atoms with E-state index in [-0.39, 0.29) is 0 Å². The topological polar surface area (TPSA) is 21.3 Å². The van der Waals surface area contributed by atoms with Crippen LogP contribution in [0.25, 0.3) is 0 Å². The minimum absolute atomic E-state index is 0.321. The third-order valence-corrected chi connectivity index (χ3v) is 4.00. The zero-order chi connectivity index (χ0) is 15.2. The van der Waals surface area contributed by atoms with Crippen LogP contribution >= 0.6 is 15.9 Å². The van der Waals surface area contributed by atoms with Gasteiger partial charge in [0.05, 0.1) is 0 Å². The van der Waals surface area contributed by atoms with E-state index < -0.39 is 0 Å². The van der Waals surface area contributed by atoms with Crippen LogP contribution in [-0.4, -0.2) is 6.54 Å². The zero-order valence-corrected chi connectivity index (χ0v) is 14.4. The molecule has 3 heteroatoms. The molecule has 1 unspecified atom stereocenters. The number of rotatable bonds is 6. The van der Waals surface area contributed by atoms with Gasteiger partial charge in [-0.25, -0.2) is 0 Å². The second-order valence-electron chi connectivity index (χ2n) is 5.07. The number of aryl methyl sites for hydroxylation is 1. The molecule has 0 saturated heterocycles. The van der Waals surface area contributed by atoms with E-state index in [1.54, 1.807) is 0 Å². The summed E-state index contributed by atoms with van der Waals surface area (Å²) in [7, 11) is 0. The minimum atomic E-state index is 0.321. The number of benzene rings is 2. The largest absolute Gasteiger partial charge is 0.457 e. The Morgan fingerprint density at radius 1 is 1.10 bits per heavy atom. The fraction of sp³-hybridized carbons (Fsp3) is 0.333. The maximum Gasteiger partial charge on any atom is 0.132 e. The zero-order valence-electron chi connectivity index (χ0n) is 12.8. The monoisotopic (exact) mass is 347 g/mol. The third kappa shape index (κ3) is 4.08. The van der Waals surface area contributed by atoms with Gasteiger partial charge in [0.15, 0.2) is 0 Å². The Bertz CT molecular complexity index is 598. The maximum absolute atomic E-state index is 6.16. The molecule has 0 aliphatic rings. The number of nitrogens with one attached hydrogen (secondary N) is 1. The summed E-state index contributed by atoms with van der Waals surface area (Å²) in [6, 6.07) is 14.7. The molecule has 112 valence electrons. The highest BCUT2D eigenvalue weighted by Gasteiger charge is 2.14. The van der Waals surface area contributed by atoms with E-state index in [1.165, 1.54) is 5.56 Å². The third-order valence-electron chi connectivity index (χ3n) is 3.51. The lowest BCUT2D eigenvalue weighted by Crippen LogP contribution is -2.20. The van der Waals surface area contributed by atoms with Crippen LogP contribution in [0.2, 0.25) is 0 Å². The molecule has 2 rings (SSSR count). The van der Waals surface area contributed by atoms with Crippen LogP contribution in [0.15, 0.2) is 46.9 Å². The predicted octanol–water partition coefficient (Wildman–Crippen LogP) is 5.61. The van der Waals surface area contributed by atoms with Crippen LogP contribution in [0.5, 0.6) is 11.5 Å². The van der Waals surface area contributed by atoms with Crippen LogP contribution in [0.1, 0.15) is 37.4 Å². The highest BCUT2D eigenvalue weighted by molar-refractivity contribution is 9.10. The van der Waals surface area contributed by atoms with Crippen molar-refractivity contribution >= 4 is 15.9 Å². The number of hydrogen-bond donors (Lipinski definition) is 1. The van der Waals surface area contributed by atoms with Gasteiger partial charge < -0.3 is 10.1 Å². The molecular weight excluding hydrogens is 326 g/mol. The van der Waals surface area contributed by atoms with E-state index >= 15 is 0 Å². The first-order chi connectivity index (χ1) is 10.2. The number of halogens is 1. The van der Waals surface area contributed by atoms with Crippen LogP contribution < -0.4 is 10.1 Å². The Hall–Kier alpha value is -1.32. The molecule has 0 bridgehead atoms. The van der Waals surface area contributed by atoms with Crippen LogP contribution in [0, 0.1) is 6.92 Å². The van der Waals surface area contributed by atoms with Crippen molar-refractivity contribution in [2.45, 2.75) is 33.2 Å². The Kier molecular flexibility index (Phi) is 5.83. The van der Waals surface area contributed by atoms with Crippen molar-refractivity contribution in [2.24, 2.45) is 0 Å². The van der Waals surface area contributed by atoms with Gasteiger partial charge >= 0.3 is 0 Å². The fourth-order valence-electron chi connectivity index (χ4n) is 2.43. The first-order valence-corrected chi connectivity index (χ1v) is 8.21.